The van der Waals surface area contributed by atoms with E-state index in [0.717, 1.165) is 31.6 Å². The Hall–Kier alpha value is -1.49. The predicted octanol–water partition coefficient (Wildman–Crippen LogP) is 2.16. The van der Waals surface area contributed by atoms with E-state index in [9.17, 15) is 4.79 Å². The number of ether oxygens (including phenoxy) is 1. The number of carbonyl (C=O) groups excluding carboxylic acids is 1. The summed E-state index contributed by atoms with van der Waals surface area (Å²) in [6.45, 7) is 2.11. The third-order valence-corrected chi connectivity index (χ3v) is 3.19. The van der Waals surface area contributed by atoms with Gasteiger partial charge in [0.15, 0.2) is 0 Å². The lowest BCUT2D eigenvalue weighted by Gasteiger charge is -2.23. The van der Waals surface area contributed by atoms with Gasteiger partial charge in [-0.15, -0.1) is 0 Å². The third kappa shape index (κ3) is 3.04. The van der Waals surface area contributed by atoms with Crippen LogP contribution >= 0.6 is 0 Å². The van der Waals surface area contributed by atoms with Gasteiger partial charge in [-0.1, -0.05) is 0 Å². The van der Waals surface area contributed by atoms with Crippen LogP contribution in [0.1, 0.15) is 31.1 Å². The van der Waals surface area contributed by atoms with Crippen LogP contribution in [-0.2, 0) is 4.74 Å². The molecule has 0 aromatic carbocycles. The first-order chi connectivity index (χ1) is 8.83. The largest absolute Gasteiger partial charge is 0.467 e. The Labute approximate surface area is 107 Å². The molecule has 2 amide bonds. The summed E-state index contributed by atoms with van der Waals surface area (Å²) in [5, 5.41) is 2.92. The fraction of sp³-hybridized carbons (Fsp3) is 0.615. The first-order valence-corrected chi connectivity index (χ1v) is 6.39. The Kier molecular flexibility index (Phi) is 4.64. The number of nitrogens with zero attached hydrogens (tertiary/aromatic N) is 1. The minimum Gasteiger partial charge on any atom is -0.467 e. The molecule has 0 radical (unpaired) electrons. The molecule has 0 saturated carbocycles. The number of likely N-dealkylation sites (tertiary alicyclic amines) is 1. The standard InChI is InChI=1S/C13H20N2O3/c1-17-9-4-7-14-13(16)15-8-2-5-11(15)12-6-3-10-18-12/h3,6,10-11H,2,4-5,7-9H2,1H3,(H,14,16)/t11-/m0/s1. The van der Waals surface area contributed by atoms with E-state index in [4.69, 9.17) is 9.15 Å². The molecule has 1 aromatic rings. The van der Waals surface area contributed by atoms with Gasteiger partial charge in [0.05, 0.1) is 12.3 Å². The number of hydrogen-bond acceptors (Lipinski definition) is 3. The van der Waals surface area contributed by atoms with Gasteiger partial charge in [-0.2, -0.15) is 0 Å². The molecule has 2 rings (SSSR count). The molecule has 1 N–H and O–H groups in total. The molecule has 1 aromatic heterocycles. The number of hydrogen-bond donors (Lipinski definition) is 1. The van der Waals surface area contributed by atoms with Gasteiger partial charge < -0.3 is 19.4 Å². The average Bonchev–Trinajstić information content (AvgIpc) is 3.02. The molecule has 1 atom stereocenters. The summed E-state index contributed by atoms with van der Waals surface area (Å²) in [6.07, 6.45) is 4.49. The third-order valence-electron chi connectivity index (χ3n) is 3.19. The first-order valence-electron chi connectivity index (χ1n) is 6.39. The number of furan rings is 1. The van der Waals surface area contributed by atoms with Crippen LogP contribution in [0.5, 0.6) is 0 Å². The summed E-state index contributed by atoms with van der Waals surface area (Å²) in [5.41, 5.74) is 0. The van der Waals surface area contributed by atoms with Crippen LogP contribution in [0.25, 0.3) is 0 Å². The molecule has 0 aliphatic carbocycles. The quantitative estimate of drug-likeness (QED) is 0.817. The van der Waals surface area contributed by atoms with Crippen molar-refractivity contribution in [3.05, 3.63) is 24.2 Å². The van der Waals surface area contributed by atoms with Gasteiger partial charge in [0.1, 0.15) is 5.76 Å². The van der Waals surface area contributed by atoms with E-state index in [2.05, 4.69) is 5.32 Å². The van der Waals surface area contributed by atoms with Gasteiger partial charge in [-0.25, -0.2) is 4.79 Å². The highest BCUT2D eigenvalue weighted by atomic mass is 16.5. The minimum absolute atomic E-state index is 0.00926. The summed E-state index contributed by atoms with van der Waals surface area (Å²) in [5.74, 6) is 0.875. The maximum atomic E-state index is 12.0. The van der Waals surface area contributed by atoms with Gasteiger partial charge in [0.25, 0.3) is 0 Å². The fourth-order valence-corrected chi connectivity index (χ4v) is 2.30. The van der Waals surface area contributed by atoms with Gasteiger partial charge in [-0.05, 0) is 31.4 Å². The van der Waals surface area contributed by atoms with Crippen LogP contribution in [-0.4, -0.2) is 37.7 Å². The highest BCUT2D eigenvalue weighted by Crippen LogP contribution is 2.31. The number of rotatable bonds is 5. The van der Waals surface area contributed by atoms with Crippen LogP contribution in [0, 0.1) is 0 Å². The van der Waals surface area contributed by atoms with Crippen LogP contribution in [0.15, 0.2) is 22.8 Å². The molecule has 100 valence electrons. The minimum atomic E-state index is -0.00926. The molecule has 0 spiro atoms. The zero-order valence-corrected chi connectivity index (χ0v) is 10.7. The number of amides is 2. The molecular formula is C13H20N2O3. The SMILES string of the molecule is COCCCNC(=O)N1CCC[C@H]1c1ccco1. The maximum absolute atomic E-state index is 12.0. The molecule has 0 bridgehead atoms. The van der Waals surface area contributed by atoms with Crippen molar-refractivity contribution in [2.75, 3.05) is 26.8 Å². The highest BCUT2D eigenvalue weighted by Gasteiger charge is 2.31. The molecule has 2 heterocycles. The monoisotopic (exact) mass is 252 g/mol. The van der Waals surface area contributed by atoms with Gasteiger partial charge in [0.2, 0.25) is 0 Å². The second-order valence-electron chi connectivity index (χ2n) is 4.45. The molecule has 0 unspecified atom stereocenters. The Morgan fingerprint density at radius 3 is 3.28 bits per heavy atom. The topological polar surface area (TPSA) is 54.7 Å². The first kappa shape index (κ1) is 13.0. The van der Waals surface area contributed by atoms with Crippen molar-refractivity contribution in [2.45, 2.75) is 25.3 Å². The smallest absolute Gasteiger partial charge is 0.318 e. The van der Waals surface area contributed by atoms with E-state index in [-0.39, 0.29) is 12.1 Å². The predicted molar refractivity (Wildman–Crippen MR) is 67.3 cm³/mol. The van der Waals surface area contributed by atoms with Crippen LogP contribution < -0.4 is 5.32 Å². The lowest BCUT2D eigenvalue weighted by molar-refractivity contribution is 0.178. The lowest BCUT2D eigenvalue weighted by Crippen LogP contribution is -2.40. The Balaban J connectivity index is 1.85. The molecular weight excluding hydrogens is 232 g/mol. The van der Waals surface area contributed by atoms with Crippen molar-refractivity contribution in [2.24, 2.45) is 0 Å². The zero-order chi connectivity index (χ0) is 12.8. The van der Waals surface area contributed by atoms with E-state index < -0.39 is 0 Å². The summed E-state index contributed by atoms with van der Waals surface area (Å²) >= 11 is 0. The van der Waals surface area contributed by atoms with Crippen molar-refractivity contribution >= 4 is 6.03 Å². The molecule has 5 nitrogen and oxygen atoms in total. The van der Waals surface area contributed by atoms with Crippen molar-refractivity contribution in [3.8, 4) is 0 Å². The number of methoxy groups -OCH3 is 1. The van der Waals surface area contributed by atoms with Gasteiger partial charge in [-0.3, -0.25) is 0 Å². The summed E-state index contributed by atoms with van der Waals surface area (Å²) in [7, 11) is 1.66. The van der Waals surface area contributed by atoms with Crippen molar-refractivity contribution in [1.82, 2.24) is 10.2 Å². The average molecular weight is 252 g/mol. The van der Waals surface area contributed by atoms with Gasteiger partial charge in [0, 0.05) is 26.8 Å². The molecule has 1 saturated heterocycles. The van der Waals surface area contributed by atoms with Crippen LogP contribution in [0.3, 0.4) is 0 Å². The van der Waals surface area contributed by atoms with E-state index in [0.29, 0.717) is 13.2 Å². The Bertz CT molecular complexity index is 364. The summed E-state index contributed by atoms with van der Waals surface area (Å²) in [4.78, 5) is 13.9. The molecule has 1 aliphatic rings. The molecule has 18 heavy (non-hydrogen) atoms. The molecule has 1 fully saturated rings. The second-order valence-corrected chi connectivity index (χ2v) is 4.45. The van der Waals surface area contributed by atoms with E-state index >= 15 is 0 Å². The van der Waals surface area contributed by atoms with Crippen molar-refractivity contribution in [1.29, 1.82) is 0 Å². The van der Waals surface area contributed by atoms with E-state index in [1.54, 1.807) is 13.4 Å². The lowest BCUT2D eigenvalue weighted by atomic mass is 10.2. The molecule has 1 aliphatic heterocycles. The van der Waals surface area contributed by atoms with Crippen LogP contribution in [0.4, 0.5) is 4.79 Å². The van der Waals surface area contributed by atoms with Crippen molar-refractivity contribution < 1.29 is 13.9 Å². The maximum Gasteiger partial charge on any atom is 0.318 e. The Morgan fingerprint density at radius 2 is 2.56 bits per heavy atom. The van der Waals surface area contributed by atoms with Gasteiger partial charge >= 0.3 is 6.03 Å². The van der Waals surface area contributed by atoms with E-state index in [1.165, 1.54) is 0 Å². The second kappa shape index (κ2) is 6.44. The zero-order valence-electron chi connectivity index (χ0n) is 10.7. The van der Waals surface area contributed by atoms with Crippen molar-refractivity contribution in [3.63, 3.8) is 0 Å². The summed E-state index contributed by atoms with van der Waals surface area (Å²) < 4.78 is 10.3. The Morgan fingerprint density at radius 1 is 1.67 bits per heavy atom. The number of nitrogens with one attached hydrogen (secondary N) is 1. The van der Waals surface area contributed by atoms with Crippen LogP contribution in [0.2, 0.25) is 0 Å². The normalized spacial score (nSPS) is 19.2. The summed E-state index contributed by atoms with van der Waals surface area (Å²) in [6, 6.07) is 3.87. The molecule has 5 heteroatoms. The number of carbonyl (C=O) groups is 1. The highest BCUT2D eigenvalue weighted by molar-refractivity contribution is 5.74. The van der Waals surface area contributed by atoms with E-state index in [1.807, 2.05) is 17.0 Å². The fourth-order valence-electron chi connectivity index (χ4n) is 2.30. The number of urea groups is 1.